The van der Waals surface area contributed by atoms with Crippen LogP contribution < -0.4 is 10.1 Å². The lowest BCUT2D eigenvalue weighted by Crippen LogP contribution is -2.55. The van der Waals surface area contributed by atoms with Crippen LogP contribution in [0.1, 0.15) is 50.8 Å². The second kappa shape index (κ2) is 12.6. The summed E-state index contributed by atoms with van der Waals surface area (Å²) in [4.78, 5) is 15.3. The van der Waals surface area contributed by atoms with Crippen LogP contribution in [0, 0.1) is 0 Å². The highest BCUT2D eigenvalue weighted by molar-refractivity contribution is 7.89. The van der Waals surface area contributed by atoms with Gasteiger partial charge in [0.1, 0.15) is 17.5 Å². The number of amides is 1. The maximum absolute atomic E-state index is 13.4. The molecule has 0 radical (unpaired) electrons. The largest absolute Gasteiger partial charge is 0.593 e. The maximum Gasteiger partial charge on any atom is 0.407 e. The molecular formula is C32H39N3O4S. The molecule has 8 heteroatoms. The lowest BCUT2D eigenvalue weighted by Gasteiger charge is -2.44. The van der Waals surface area contributed by atoms with E-state index in [-0.39, 0.29) is 18.2 Å². The second-order valence-corrected chi connectivity index (χ2v) is 13.0. The smallest absolute Gasteiger partial charge is 0.407 e. The Morgan fingerprint density at radius 1 is 0.925 bits per heavy atom. The molecule has 0 bridgehead atoms. The number of rotatable bonds is 8. The van der Waals surface area contributed by atoms with Crippen molar-refractivity contribution in [1.82, 2.24) is 14.5 Å². The van der Waals surface area contributed by atoms with Gasteiger partial charge in [-0.25, -0.2) is 4.79 Å². The average molecular weight is 562 g/mol. The molecule has 0 aliphatic carbocycles. The zero-order chi connectivity index (χ0) is 28.1. The van der Waals surface area contributed by atoms with Crippen molar-refractivity contribution in [2.45, 2.75) is 62.3 Å². The molecule has 0 spiro atoms. The highest BCUT2D eigenvalue weighted by Crippen LogP contribution is 2.34. The number of alkyl carbamates (subject to hydrolysis) is 1. The number of benzene rings is 3. The van der Waals surface area contributed by atoms with Crippen LogP contribution in [0.3, 0.4) is 0 Å². The van der Waals surface area contributed by atoms with Crippen LogP contribution >= 0.6 is 0 Å². The van der Waals surface area contributed by atoms with E-state index in [1.807, 2.05) is 61.5 Å². The molecular weight excluding hydrogens is 522 g/mol. The average Bonchev–Trinajstić information content (AvgIpc) is 2.92. The van der Waals surface area contributed by atoms with Gasteiger partial charge in [-0.05, 0) is 56.9 Å². The maximum atomic E-state index is 13.4. The molecule has 1 N–H and O–H groups in total. The van der Waals surface area contributed by atoms with Crippen molar-refractivity contribution in [3.63, 3.8) is 0 Å². The Bertz CT molecular complexity index is 1200. The van der Waals surface area contributed by atoms with Crippen LogP contribution in [-0.2, 0) is 16.1 Å². The van der Waals surface area contributed by atoms with E-state index >= 15 is 0 Å². The van der Waals surface area contributed by atoms with E-state index in [0.29, 0.717) is 13.1 Å². The summed E-state index contributed by atoms with van der Waals surface area (Å²) in [5.74, 6) is 0.743. The summed E-state index contributed by atoms with van der Waals surface area (Å²) in [6, 6.07) is 29.0. The number of nitrogens with zero attached hydrogens (tertiary/aromatic N) is 2. The molecule has 1 atom stereocenters. The first-order valence-electron chi connectivity index (χ1n) is 14.0. The summed E-state index contributed by atoms with van der Waals surface area (Å²) >= 11 is -1.29. The molecule has 5 rings (SSSR count). The Morgan fingerprint density at radius 2 is 1.52 bits per heavy atom. The van der Waals surface area contributed by atoms with Crippen LogP contribution in [0.25, 0.3) is 0 Å². The Morgan fingerprint density at radius 3 is 2.10 bits per heavy atom. The van der Waals surface area contributed by atoms with Crippen LogP contribution in [0.5, 0.6) is 5.75 Å². The number of carbonyl (C=O) groups excluding carboxylic acids is 1. The Kier molecular flexibility index (Phi) is 9.00. The van der Waals surface area contributed by atoms with Crippen molar-refractivity contribution >= 4 is 17.5 Å². The van der Waals surface area contributed by atoms with Crippen LogP contribution in [0.4, 0.5) is 4.79 Å². The number of likely N-dealkylation sites (tertiary alicyclic amines) is 1. The van der Waals surface area contributed by atoms with Crippen molar-refractivity contribution < 1.29 is 18.8 Å². The van der Waals surface area contributed by atoms with Gasteiger partial charge in [0.15, 0.2) is 4.90 Å². The van der Waals surface area contributed by atoms with Crippen LogP contribution in [0.15, 0.2) is 89.8 Å². The van der Waals surface area contributed by atoms with Crippen molar-refractivity contribution in [1.29, 1.82) is 0 Å². The quantitative estimate of drug-likeness (QED) is 0.364. The number of ether oxygens (including phenoxy) is 2. The van der Waals surface area contributed by atoms with Gasteiger partial charge >= 0.3 is 6.09 Å². The number of nitrogens with one attached hydrogen (secondary N) is 1. The lowest BCUT2D eigenvalue weighted by molar-refractivity contribution is 0.000161. The normalized spacial score (nSPS) is 18.2. The van der Waals surface area contributed by atoms with Gasteiger partial charge in [0.25, 0.3) is 0 Å². The molecule has 3 aromatic carbocycles. The molecule has 7 nitrogen and oxygen atoms in total. The van der Waals surface area contributed by atoms with Gasteiger partial charge in [-0.15, -0.1) is 4.31 Å². The number of hydrogen-bond acceptors (Lipinski definition) is 6. The second-order valence-electron chi connectivity index (χ2n) is 11.5. The molecule has 2 aliphatic heterocycles. The van der Waals surface area contributed by atoms with E-state index in [1.54, 1.807) is 0 Å². The monoisotopic (exact) mass is 561 g/mol. The fourth-order valence-electron chi connectivity index (χ4n) is 5.28. The zero-order valence-electron chi connectivity index (χ0n) is 23.5. The van der Waals surface area contributed by atoms with Crippen molar-refractivity contribution in [2.24, 2.45) is 0 Å². The highest BCUT2D eigenvalue weighted by Gasteiger charge is 2.36. The first-order valence-corrected chi connectivity index (χ1v) is 15.1. The van der Waals surface area contributed by atoms with Gasteiger partial charge in [-0.2, -0.15) is 0 Å². The molecule has 2 fully saturated rings. The van der Waals surface area contributed by atoms with E-state index in [9.17, 15) is 9.35 Å². The van der Waals surface area contributed by atoms with Gasteiger partial charge in [0, 0.05) is 38.3 Å². The predicted molar refractivity (Wildman–Crippen MR) is 158 cm³/mol. The van der Waals surface area contributed by atoms with E-state index in [4.69, 9.17) is 9.47 Å². The molecule has 212 valence electrons. The lowest BCUT2D eigenvalue weighted by atomic mass is 9.94. The van der Waals surface area contributed by atoms with Gasteiger partial charge < -0.3 is 19.3 Å². The third kappa shape index (κ3) is 7.37. The minimum absolute atomic E-state index is 0.0231. The predicted octanol–water partition coefficient (Wildman–Crippen LogP) is 5.55. The summed E-state index contributed by atoms with van der Waals surface area (Å²) < 4.78 is 27.0. The van der Waals surface area contributed by atoms with E-state index in [1.165, 1.54) is 11.1 Å². The molecule has 3 aromatic rings. The Balaban J connectivity index is 1.14. The molecule has 40 heavy (non-hydrogen) atoms. The van der Waals surface area contributed by atoms with Crippen molar-refractivity contribution in [3.8, 4) is 5.75 Å². The van der Waals surface area contributed by atoms with Crippen molar-refractivity contribution in [3.05, 3.63) is 96.1 Å². The van der Waals surface area contributed by atoms with E-state index in [0.717, 1.165) is 36.6 Å². The first-order chi connectivity index (χ1) is 19.2. The number of hydrogen-bond donors (Lipinski definition) is 1. The zero-order valence-corrected chi connectivity index (χ0v) is 24.3. The number of carbonyl (C=O) groups is 1. The van der Waals surface area contributed by atoms with E-state index < -0.39 is 23.1 Å². The molecule has 0 saturated carbocycles. The Hall–Kier alpha value is -3.04. The fraction of sp³-hybridized carbons (Fsp3) is 0.406. The molecule has 0 aromatic heterocycles. The van der Waals surface area contributed by atoms with Crippen molar-refractivity contribution in [2.75, 3.05) is 26.2 Å². The third-order valence-corrected chi connectivity index (χ3v) is 8.68. The van der Waals surface area contributed by atoms with E-state index in [2.05, 4.69) is 58.7 Å². The molecule has 2 heterocycles. The third-order valence-electron chi connectivity index (χ3n) is 7.19. The summed E-state index contributed by atoms with van der Waals surface area (Å²) in [6.45, 7) is 8.46. The van der Waals surface area contributed by atoms with Gasteiger partial charge in [-0.3, -0.25) is 4.90 Å². The van der Waals surface area contributed by atoms with Gasteiger partial charge in [0.05, 0.1) is 17.4 Å². The summed E-state index contributed by atoms with van der Waals surface area (Å²) in [5, 5.41) is 2.94. The minimum atomic E-state index is -1.29. The van der Waals surface area contributed by atoms with Crippen LogP contribution in [-0.4, -0.2) is 63.8 Å². The SMILES string of the molecule is CC(C)(C)OC(=O)NC1CCN([S+]([O-])c2cccc(OC3CN(C(c4ccccc4)c4ccccc4)C3)c2)CC1. The standard InChI is InChI=1S/C32H39N3O4S/c1-32(2,3)39-31(36)33-26-17-19-35(20-18-26)40(37)29-16-10-15-27(21-29)38-28-22-34(23-28)30(24-11-6-4-7-12-24)25-13-8-5-9-14-25/h4-16,21,26,28,30H,17-20,22-23H2,1-3H3,(H,33,36). The van der Waals surface area contributed by atoms with Gasteiger partial charge in [-0.1, -0.05) is 66.7 Å². The fourth-order valence-corrected chi connectivity index (χ4v) is 6.53. The molecule has 1 amide bonds. The summed E-state index contributed by atoms with van der Waals surface area (Å²) in [7, 11) is 0. The summed E-state index contributed by atoms with van der Waals surface area (Å²) in [6.07, 6.45) is 1.13. The molecule has 2 saturated heterocycles. The van der Waals surface area contributed by atoms with Crippen LogP contribution in [0.2, 0.25) is 0 Å². The molecule has 1 unspecified atom stereocenters. The Labute approximate surface area is 240 Å². The first kappa shape index (κ1) is 28.5. The minimum Gasteiger partial charge on any atom is -0.593 e. The highest BCUT2D eigenvalue weighted by atomic mass is 32.2. The number of piperidine rings is 1. The topological polar surface area (TPSA) is 77.1 Å². The van der Waals surface area contributed by atoms with Gasteiger partial charge in [0.2, 0.25) is 0 Å². The summed E-state index contributed by atoms with van der Waals surface area (Å²) in [5.41, 5.74) is 2.02. The molecule has 2 aliphatic rings.